The zero-order valence-electron chi connectivity index (χ0n) is 20.6. The van der Waals surface area contributed by atoms with E-state index in [2.05, 4.69) is 45.1 Å². The Labute approximate surface area is 198 Å². The van der Waals surface area contributed by atoms with Crippen LogP contribution < -0.4 is 10.1 Å². The first-order valence-electron chi connectivity index (χ1n) is 12.2. The number of esters is 1. The highest BCUT2D eigenvalue weighted by molar-refractivity contribution is 5.93. The average Bonchev–Trinajstić information content (AvgIpc) is 2.82. The zero-order chi connectivity index (χ0) is 24.1. The van der Waals surface area contributed by atoms with E-state index in [4.69, 9.17) is 9.47 Å². The van der Waals surface area contributed by atoms with Gasteiger partial charge in [0.05, 0.1) is 18.8 Å². The maximum absolute atomic E-state index is 12.2. The molecule has 0 aromatic heterocycles. The van der Waals surface area contributed by atoms with Gasteiger partial charge in [-0.05, 0) is 66.6 Å². The number of nitrogens with one attached hydrogen (secondary N) is 1. The summed E-state index contributed by atoms with van der Waals surface area (Å²) in [7, 11) is 0. The lowest BCUT2D eigenvalue weighted by Gasteiger charge is -2.23. The largest absolute Gasteiger partial charge is 0.494 e. The van der Waals surface area contributed by atoms with Crippen molar-refractivity contribution in [1.82, 2.24) is 0 Å². The summed E-state index contributed by atoms with van der Waals surface area (Å²) >= 11 is 0. The van der Waals surface area contributed by atoms with Crippen molar-refractivity contribution < 1.29 is 19.1 Å². The standard InChI is InChI=1S/C28H39NO4/c1-5-7-8-9-20-33-27(31)22-12-16-24(17-13-22)29-26(30)11-10-21-32-25-18-14-23(15-19-25)28(3,4)6-2/h12-19H,5-11,20-21H2,1-4H3,(H,29,30). The van der Waals surface area contributed by atoms with Crippen molar-refractivity contribution in [2.24, 2.45) is 0 Å². The monoisotopic (exact) mass is 453 g/mol. The molecule has 0 aliphatic rings. The van der Waals surface area contributed by atoms with Gasteiger partial charge in [0.1, 0.15) is 5.75 Å². The summed E-state index contributed by atoms with van der Waals surface area (Å²) in [6.07, 6.45) is 6.33. The number of carbonyl (C=O) groups is 2. The van der Waals surface area contributed by atoms with E-state index in [0.29, 0.717) is 37.3 Å². The summed E-state index contributed by atoms with van der Waals surface area (Å²) in [5, 5.41) is 2.86. The molecule has 0 heterocycles. The average molecular weight is 454 g/mol. The molecule has 0 radical (unpaired) electrons. The highest BCUT2D eigenvalue weighted by Gasteiger charge is 2.17. The van der Waals surface area contributed by atoms with Gasteiger partial charge in [-0.15, -0.1) is 0 Å². The molecule has 2 aromatic carbocycles. The molecule has 2 rings (SSSR count). The molecule has 1 amide bonds. The van der Waals surface area contributed by atoms with Crippen molar-refractivity contribution in [3.63, 3.8) is 0 Å². The van der Waals surface area contributed by atoms with Crippen LogP contribution in [0.25, 0.3) is 0 Å². The summed E-state index contributed by atoms with van der Waals surface area (Å²) in [6.45, 7) is 9.72. The second-order valence-electron chi connectivity index (χ2n) is 9.04. The molecule has 5 heteroatoms. The lowest BCUT2D eigenvalue weighted by atomic mass is 9.82. The van der Waals surface area contributed by atoms with Crippen molar-refractivity contribution in [2.75, 3.05) is 18.5 Å². The van der Waals surface area contributed by atoms with Gasteiger partial charge in [0.15, 0.2) is 0 Å². The molecule has 0 saturated heterocycles. The van der Waals surface area contributed by atoms with Gasteiger partial charge >= 0.3 is 5.97 Å². The van der Waals surface area contributed by atoms with Gasteiger partial charge in [-0.25, -0.2) is 4.79 Å². The highest BCUT2D eigenvalue weighted by atomic mass is 16.5. The molecular formula is C28H39NO4. The predicted octanol–water partition coefficient (Wildman–Crippen LogP) is 6.91. The van der Waals surface area contributed by atoms with Crippen LogP contribution in [0.4, 0.5) is 5.69 Å². The third-order valence-corrected chi connectivity index (χ3v) is 5.97. The topological polar surface area (TPSA) is 64.6 Å². The third-order valence-electron chi connectivity index (χ3n) is 5.97. The first-order chi connectivity index (χ1) is 15.9. The van der Waals surface area contributed by atoms with Gasteiger partial charge in [0.25, 0.3) is 0 Å². The van der Waals surface area contributed by atoms with Gasteiger partial charge in [-0.1, -0.05) is 59.1 Å². The van der Waals surface area contributed by atoms with Crippen LogP contribution in [-0.4, -0.2) is 25.1 Å². The Morgan fingerprint density at radius 3 is 2.18 bits per heavy atom. The lowest BCUT2D eigenvalue weighted by Crippen LogP contribution is -2.15. The molecule has 2 aromatic rings. The number of rotatable bonds is 14. The van der Waals surface area contributed by atoms with Crippen LogP contribution in [0.15, 0.2) is 48.5 Å². The molecule has 1 N–H and O–H groups in total. The lowest BCUT2D eigenvalue weighted by molar-refractivity contribution is -0.116. The van der Waals surface area contributed by atoms with E-state index in [1.54, 1.807) is 24.3 Å². The summed E-state index contributed by atoms with van der Waals surface area (Å²) in [6, 6.07) is 15.0. The second kappa shape index (κ2) is 13.7. The molecule has 0 fully saturated rings. The fraction of sp³-hybridized carbons (Fsp3) is 0.500. The molecule has 180 valence electrons. The minimum atomic E-state index is -0.326. The number of ether oxygens (including phenoxy) is 2. The summed E-state index contributed by atoms with van der Waals surface area (Å²) in [4.78, 5) is 24.3. The molecule has 0 aliphatic carbocycles. The van der Waals surface area contributed by atoms with E-state index in [1.807, 2.05) is 12.1 Å². The highest BCUT2D eigenvalue weighted by Crippen LogP contribution is 2.28. The molecule has 0 bridgehead atoms. The second-order valence-corrected chi connectivity index (χ2v) is 9.04. The van der Waals surface area contributed by atoms with Crippen molar-refractivity contribution >= 4 is 17.6 Å². The van der Waals surface area contributed by atoms with E-state index in [9.17, 15) is 9.59 Å². The van der Waals surface area contributed by atoms with E-state index < -0.39 is 0 Å². The molecule has 0 saturated carbocycles. The van der Waals surface area contributed by atoms with E-state index >= 15 is 0 Å². The maximum Gasteiger partial charge on any atom is 0.338 e. The van der Waals surface area contributed by atoms with E-state index in [-0.39, 0.29) is 17.3 Å². The van der Waals surface area contributed by atoms with Crippen molar-refractivity contribution in [3.05, 3.63) is 59.7 Å². The van der Waals surface area contributed by atoms with Crippen LogP contribution in [-0.2, 0) is 14.9 Å². The van der Waals surface area contributed by atoms with Gasteiger partial charge in [0.2, 0.25) is 5.91 Å². The normalized spacial score (nSPS) is 11.2. The minimum absolute atomic E-state index is 0.0788. The molecular weight excluding hydrogens is 414 g/mol. The summed E-state index contributed by atoms with van der Waals surface area (Å²) in [5.41, 5.74) is 2.60. The number of amides is 1. The summed E-state index contributed by atoms with van der Waals surface area (Å²) < 4.78 is 11.1. The van der Waals surface area contributed by atoms with Crippen molar-refractivity contribution in [1.29, 1.82) is 0 Å². The van der Waals surface area contributed by atoms with Crippen LogP contribution in [0.5, 0.6) is 5.75 Å². The van der Waals surface area contributed by atoms with Gasteiger partial charge in [-0.2, -0.15) is 0 Å². The number of hydrogen-bond acceptors (Lipinski definition) is 4. The smallest absolute Gasteiger partial charge is 0.338 e. The summed E-state index contributed by atoms with van der Waals surface area (Å²) in [5.74, 6) is 0.414. The molecule has 0 atom stereocenters. The van der Waals surface area contributed by atoms with Gasteiger partial charge in [-0.3, -0.25) is 4.79 Å². The van der Waals surface area contributed by atoms with E-state index in [1.165, 1.54) is 5.56 Å². The number of carbonyl (C=O) groups excluding carboxylic acids is 2. The Kier molecular flexibility index (Phi) is 10.9. The quantitative estimate of drug-likeness (QED) is 0.249. The number of benzene rings is 2. The van der Waals surface area contributed by atoms with Crippen LogP contribution in [0.1, 0.15) is 88.6 Å². The predicted molar refractivity (Wildman–Crippen MR) is 134 cm³/mol. The maximum atomic E-state index is 12.2. The Bertz CT molecular complexity index is 856. The van der Waals surface area contributed by atoms with Gasteiger partial charge in [0, 0.05) is 12.1 Å². The molecule has 5 nitrogen and oxygen atoms in total. The van der Waals surface area contributed by atoms with Crippen molar-refractivity contribution in [2.45, 2.75) is 78.1 Å². The van der Waals surface area contributed by atoms with Crippen LogP contribution >= 0.6 is 0 Å². The Morgan fingerprint density at radius 2 is 1.55 bits per heavy atom. The fourth-order valence-electron chi connectivity index (χ4n) is 3.32. The first-order valence-corrected chi connectivity index (χ1v) is 12.2. The first kappa shape index (κ1) is 26.4. The minimum Gasteiger partial charge on any atom is -0.494 e. The Balaban J connectivity index is 1.67. The number of anilines is 1. The Hall–Kier alpha value is -2.82. The van der Waals surface area contributed by atoms with Crippen LogP contribution in [0.2, 0.25) is 0 Å². The van der Waals surface area contributed by atoms with Gasteiger partial charge < -0.3 is 14.8 Å². The fourth-order valence-corrected chi connectivity index (χ4v) is 3.32. The molecule has 0 unspecified atom stereocenters. The molecule has 33 heavy (non-hydrogen) atoms. The van der Waals surface area contributed by atoms with Crippen molar-refractivity contribution in [3.8, 4) is 5.75 Å². The number of hydrogen-bond donors (Lipinski definition) is 1. The van der Waals surface area contributed by atoms with E-state index in [0.717, 1.165) is 37.9 Å². The third kappa shape index (κ3) is 9.29. The SMILES string of the molecule is CCCCCCOC(=O)c1ccc(NC(=O)CCCOc2ccc(C(C)(C)CC)cc2)cc1. The van der Waals surface area contributed by atoms with Crippen LogP contribution in [0.3, 0.4) is 0 Å². The zero-order valence-corrected chi connectivity index (χ0v) is 20.6. The molecule has 0 aliphatic heterocycles. The Morgan fingerprint density at radius 1 is 0.848 bits per heavy atom. The number of unbranched alkanes of at least 4 members (excludes halogenated alkanes) is 3. The van der Waals surface area contributed by atoms with Crippen LogP contribution in [0, 0.1) is 0 Å². The molecule has 0 spiro atoms.